The number of nitrogens with one attached hydrogen (secondary N) is 1. The lowest BCUT2D eigenvalue weighted by Gasteiger charge is -2.36. The molecular weight excluding hydrogens is 248 g/mol. The molecule has 1 aliphatic rings. The zero-order valence-corrected chi connectivity index (χ0v) is 13.1. The van der Waals surface area contributed by atoms with Crippen LogP contribution in [0.25, 0.3) is 0 Å². The van der Waals surface area contributed by atoms with Crippen molar-refractivity contribution in [3.8, 4) is 0 Å². The van der Waals surface area contributed by atoms with Crippen LogP contribution < -0.4 is 5.32 Å². The number of hydrogen-bond acceptors (Lipinski definition) is 3. The molecule has 1 N–H and O–H groups in total. The molecule has 2 unspecified atom stereocenters. The summed E-state index contributed by atoms with van der Waals surface area (Å²) < 4.78 is 5.76. The van der Waals surface area contributed by atoms with Gasteiger partial charge in [-0.2, -0.15) is 0 Å². The summed E-state index contributed by atoms with van der Waals surface area (Å²) in [6.07, 6.45) is 1.47. The van der Waals surface area contributed by atoms with Crippen LogP contribution in [-0.4, -0.2) is 50.8 Å². The molecule has 2 atom stereocenters. The number of hydrogen-bond donors (Lipinski definition) is 1. The lowest BCUT2D eigenvalue weighted by molar-refractivity contribution is 0.0646. The highest BCUT2D eigenvalue weighted by atomic mass is 16.5. The summed E-state index contributed by atoms with van der Waals surface area (Å²) in [6.45, 7) is 9.66. The number of ether oxygens (including phenoxy) is 1. The van der Waals surface area contributed by atoms with Crippen LogP contribution in [0.4, 0.5) is 0 Å². The minimum Gasteiger partial charge on any atom is -0.377 e. The van der Waals surface area contributed by atoms with Crippen LogP contribution >= 0.6 is 0 Å². The van der Waals surface area contributed by atoms with E-state index in [0.717, 1.165) is 39.2 Å². The lowest BCUT2D eigenvalue weighted by atomic mass is 9.81. The molecule has 3 nitrogen and oxygen atoms in total. The molecule has 1 saturated heterocycles. The zero-order valence-electron chi connectivity index (χ0n) is 13.1. The number of benzene rings is 1. The Balaban J connectivity index is 2.12. The van der Waals surface area contributed by atoms with Gasteiger partial charge >= 0.3 is 0 Å². The first-order valence-corrected chi connectivity index (χ1v) is 7.68. The molecule has 0 bridgehead atoms. The van der Waals surface area contributed by atoms with Gasteiger partial charge in [0, 0.05) is 38.2 Å². The standard InChI is InChI=1S/C17H28N2O/c1-15-12-19(10-7-11-20-15)14-17(2,13-18-3)16-8-5-4-6-9-16/h4-6,8-9,15,18H,7,10-14H2,1-3H3. The third-order valence-corrected chi connectivity index (χ3v) is 4.15. The molecule has 1 heterocycles. The van der Waals surface area contributed by atoms with Crippen LogP contribution in [0.5, 0.6) is 0 Å². The molecule has 0 spiro atoms. The van der Waals surface area contributed by atoms with E-state index in [1.165, 1.54) is 5.56 Å². The van der Waals surface area contributed by atoms with Crippen molar-refractivity contribution in [2.24, 2.45) is 0 Å². The Hall–Kier alpha value is -0.900. The van der Waals surface area contributed by atoms with E-state index >= 15 is 0 Å². The van der Waals surface area contributed by atoms with E-state index in [9.17, 15) is 0 Å². The fourth-order valence-electron chi connectivity index (χ4n) is 3.20. The van der Waals surface area contributed by atoms with Gasteiger partial charge in [0.2, 0.25) is 0 Å². The quantitative estimate of drug-likeness (QED) is 0.893. The first-order chi connectivity index (χ1) is 9.64. The van der Waals surface area contributed by atoms with Crippen LogP contribution in [0.2, 0.25) is 0 Å². The van der Waals surface area contributed by atoms with Gasteiger partial charge in [-0.15, -0.1) is 0 Å². The smallest absolute Gasteiger partial charge is 0.0673 e. The van der Waals surface area contributed by atoms with E-state index in [4.69, 9.17) is 4.74 Å². The van der Waals surface area contributed by atoms with Crippen molar-refractivity contribution >= 4 is 0 Å². The van der Waals surface area contributed by atoms with E-state index < -0.39 is 0 Å². The Morgan fingerprint density at radius 2 is 2.10 bits per heavy atom. The van der Waals surface area contributed by atoms with Crippen molar-refractivity contribution in [1.82, 2.24) is 10.2 Å². The summed E-state index contributed by atoms with van der Waals surface area (Å²) in [5.74, 6) is 0. The SMILES string of the molecule is CNCC(C)(CN1CCCOC(C)C1)c1ccccc1. The summed E-state index contributed by atoms with van der Waals surface area (Å²) >= 11 is 0. The molecule has 112 valence electrons. The van der Waals surface area contributed by atoms with Gasteiger partial charge in [-0.3, -0.25) is 4.90 Å². The first kappa shape index (κ1) is 15.5. The van der Waals surface area contributed by atoms with Crippen molar-refractivity contribution in [2.75, 3.05) is 39.8 Å². The predicted octanol–water partition coefficient (Wildman–Crippen LogP) is 2.27. The molecule has 0 aromatic heterocycles. The highest BCUT2D eigenvalue weighted by molar-refractivity contribution is 5.25. The molecule has 0 aliphatic carbocycles. The van der Waals surface area contributed by atoms with Crippen LogP contribution in [0.15, 0.2) is 30.3 Å². The average Bonchev–Trinajstić information content (AvgIpc) is 2.64. The Labute approximate surface area is 123 Å². The van der Waals surface area contributed by atoms with Crippen molar-refractivity contribution in [2.45, 2.75) is 31.8 Å². The van der Waals surface area contributed by atoms with Crippen LogP contribution in [0, 0.1) is 0 Å². The number of likely N-dealkylation sites (N-methyl/N-ethyl adjacent to an activating group) is 1. The maximum absolute atomic E-state index is 5.76. The largest absolute Gasteiger partial charge is 0.377 e. The van der Waals surface area contributed by atoms with E-state index in [1.54, 1.807) is 0 Å². The second-order valence-electron chi connectivity index (χ2n) is 6.23. The third kappa shape index (κ3) is 4.05. The van der Waals surface area contributed by atoms with E-state index in [2.05, 4.69) is 54.4 Å². The van der Waals surface area contributed by atoms with Gasteiger partial charge in [0.25, 0.3) is 0 Å². The van der Waals surface area contributed by atoms with Crippen LogP contribution in [-0.2, 0) is 10.2 Å². The fraction of sp³-hybridized carbons (Fsp3) is 0.647. The molecule has 0 saturated carbocycles. The fourth-order valence-corrected chi connectivity index (χ4v) is 3.20. The molecule has 3 heteroatoms. The third-order valence-electron chi connectivity index (χ3n) is 4.15. The van der Waals surface area contributed by atoms with E-state index in [1.807, 2.05) is 7.05 Å². The molecule has 0 amide bonds. The highest BCUT2D eigenvalue weighted by Gasteiger charge is 2.29. The van der Waals surface area contributed by atoms with Crippen molar-refractivity contribution in [1.29, 1.82) is 0 Å². The molecule has 0 radical (unpaired) electrons. The number of nitrogens with zero attached hydrogens (tertiary/aromatic N) is 1. The van der Waals surface area contributed by atoms with E-state index in [-0.39, 0.29) is 5.41 Å². The van der Waals surface area contributed by atoms with Crippen LogP contribution in [0.1, 0.15) is 25.8 Å². The second-order valence-corrected chi connectivity index (χ2v) is 6.23. The first-order valence-electron chi connectivity index (χ1n) is 7.68. The monoisotopic (exact) mass is 276 g/mol. The van der Waals surface area contributed by atoms with Gasteiger partial charge < -0.3 is 10.1 Å². The highest BCUT2D eigenvalue weighted by Crippen LogP contribution is 2.25. The van der Waals surface area contributed by atoms with Gasteiger partial charge in [0.15, 0.2) is 0 Å². The molecule has 1 aromatic carbocycles. The summed E-state index contributed by atoms with van der Waals surface area (Å²) in [4.78, 5) is 2.56. The lowest BCUT2D eigenvalue weighted by Crippen LogP contribution is -2.46. The van der Waals surface area contributed by atoms with Crippen molar-refractivity contribution < 1.29 is 4.74 Å². The minimum atomic E-state index is 0.139. The van der Waals surface area contributed by atoms with Gasteiger partial charge in [-0.25, -0.2) is 0 Å². The summed E-state index contributed by atoms with van der Waals surface area (Å²) in [6, 6.07) is 10.9. The van der Waals surface area contributed by atoms with Crippen molar-refractivity contribution in [3.05, 3.63) is 35.9 Å². The minimum absolute atomic E-state index is 0.139. The molecular formula is C17H28N2O. The van der Waals surface area contributed by atoms with Gasteiger partial charge in [-0.05, 0) is 26.0 Å². The molecule has 1 fully saturated rings. The molecule has 2 rings (SSSR count). The maximum Gasteiger partial charge on any atom is 0.0673 e. The van der Waals surface area contributed by atoms with E-state index in [0.29, 0.717) is 6.10 Å². The topological polar surface area (TPSA) is 24.5 Å². The summed E-state index contributed by atoms with van der Waals surface area (Å²) in [5.41, 5.74) is 1.55. The van der Waals surface area contributed by atoms with Crippen LogP contribution in [0.3, 0.4) is 0 Å². The summed E-state index contributed by atoms with van der Waals surface area (Å²) in [7, 11) is 2.04. The molecule has 1 aromatic rings. The van der Waals surface area contributed by atoms with Gasteiger partial charge in [0.05, 0.1) is 6.10 Å². The second kappa shape index (κ2) is 7.21. The van der Waals surface area contributed by atoms with Crippen molar-refractivity contribution in [3.63, 3.8) is 0 Å². The normalized spacial score (nSPS) is 24.1. The predicted molar refractivity (Wildman–Crippen MR) is 84.2 cm³/mol. The Kier molecular flexibility index (Phi) is 5.58. The Bertz CT molecular complexity index is 395. The van der Waals surface area contributed by atoms with Gasteiger partial charge in [-0.1, -0.05) is 37.3 Å². The summed E-state index contributed by atoms with van der Waals surface area (Å²) in [5, 5.41) is 3.37. The maximum atomic E-state index is 5.76. The Morgan fingerprint density at radius 3 is 2.80 bits per heavy atom. The molecule has 1 aliphatic heterocycles. The molecule has 20 heavy (non-hydrogen) atoms. The van der Waals surface area contributed by atoms with Gasteiger partial charge in [0.1, 0.15) is 0 Å². The number of rotatable bonds is 5. The Morgan fingerprint density at radius 1 is 1.35 bits per heavy atom. The average molecular weight is 276 g/mol. The zero-order chi connectivity index (χ0) is 14.4.